The number of carbonyl (C=O) groups is 1. The Bertz CT molecular complexity index is 676. The average Bonchev–Trinajstić information content (AvgIpc) is 2.61. The Kier molecular flexibility index (Phi) is 7.07. The highest BCUT2D eigenvalue weighted by Crippen LogP contribution is 2.24. The first-order valence-electron chi connectivity index (χ1n) is 9.12. The van der Waals surface area contributed by atoms with Crippen molar-refractivity contribution in [2.75, 3.05) is 20.2 Å². The molecule has 0 aliphatic heterocycles. The van der Waals surface area contributed by atoms with Gasteiger partial charge >= 0.3 is 6.03 Å². The molecule has 0 radical (unpaired) electrons. The fourth-order valence-electron chi connectivity index (χ4n) is 2.57. The van der Waals surface area contributed by atoms with E-state index in [4.69, 9.17) is 4.74 Å². The van der Waals surface area contributed by atoms with Crippen LogP contribution in [0.25, 0.3) is 0 Å². The van der Waals surface area contributed by atoms with Gasteiger partial charge in [0, 0.05) is 20.1 Å². The van der Waals surface area contributed by atoms with Gasteiger partial charge in [0.05, 0.1) is 6.61 Å². The molecule has 0 heterocycles. The third-order valence-corrected chi connectivity index (χ3v) is 4.20. The molecule has 2 aromatic rings. The van der Waals surface area contributed by atoms with Gasteiger partial charge in [0.25, 0.3) is 0 Å². The van der Waals surface area contributed by atoms with Gasteiger partial charge in [0.1, 0.15) is 5.75 Å². The van der Waals surface area contributed by atoms with Crippen LogP contribution in [0.2, 0.25) is 0 Å². The summed E-state index contributed by atoms with van der Waals surface area (Å²) >= 11 is 0. The van der Waals surface area contributed by atoms with Crippen molar-refractivity contribution in [3.63, 3.8) is 0 Å². The van der Waals surface area contributed by atoms with E-state index in [9.17, 15) is 4.79 Å². The van der Waals surface area contributed by atoms with Crippen molar-refractivity contribution in [3.8, 4) is 5.75 Å². The molecule has 1 N–H and O–H groups in total. The third kappa shape index (κ3) is 6.43. The van der Waals surface area contributed by atoms with Crippen molar-refractivity contribution in [1.82, 2.24) is 10.2 Å². The number of nitrogens with one attached hydrogen (secondary N) is 1. The minimum Gasteiger partial charge on any atom is -0.494 e. The van der Waals surface area contributed by atoms with Crippen LogP contribution in [0.4, 0.5) is 4.79 Å². The predicted octanol–water partition coefficient (Wildman–Crippen LogP) is 4.59. The smallest absolute Gasteiger partial charge is 0.317 e. The lowest BCUT2D eigenvalue weighted by molar-refractivity contribution is 0.205. The molecule has 0 aliphatic carbocycles. The summed E-state index contributed by atoms with van der Waals surface area (Å²) < 4.78 is 5.75. The van der Waals surface area contributed by atoms with Crippen LogP contribution in [0.15, 0.2) is 54.6 Å². The van der Waals surface area contributed by atoms with Crippen LogP contribution in [0.3, 0.4) is 0 Å². The maximum absolute atomic E-state index is 12.1. The van der Waals surface area contributed by atoms with Crippen LogP contribution in [0, 0.1) is 0 Å². The van der Waals surface area contributed by atoms with Gasteiger partial charge in [0.2, 0.25) is 0 Å². The zero-order valence-electron chi connectivity index (χ0n) is 16.3. The third-order valence-electron chi connectivity index (χ3n) is 4.20. The topological polar surface area (TPSA) is 41.6 Å². The lowest BCUT2D eigenvalue weighted by Gasteiger charge is -2.19. The number of rotatable bonds is 7. The number of carbonyl (C=O) groups excluding carboxylic acids is 1. The number of hydrogen-bond donors (Lipinski definition) is 1. The number of hydrogen-bond acceptors (Lipinski definition) is 2. The maximum Gasteiger partial charge on any atom is 0.317 e. The van der Waals surface area contributed by atoms with Crippen LogP contribution < -0.4 is 10.1 Å². The molecule has 0 saturated carbocycles. The Labute approximate surface area is 157 Å². The molecule has 2 aromatic carbocycles. The zero-order valence-corrected chi connectivity index (χ0v) is 16.3. The molecule has 2 amide bonds. The lowest BCUT2D eigenvalue weighted by atomic mass is 9.87. The van der Waals surface area contributed by atoms with Gasteiger partial charge in [-0.15, -0.1) is 0 Å². The monoisotopic (exact) mass is 354 g/mol. The number of urea groups is 1. The Morgan fingerprint density at radius 3 is 2.31 bits per heavy atom. The number of benzene rings is 2. The molecule has 0 saturated heterocycles. The van der Waals surface area contributed by atoms with E-state index < -0.39 is 0 Å². The Hall–Kier alpha value is -2.49. The van der Waals surface area contributed by atoms with E-state index in [1.165, 1.54) is 5.56 Å². The second-order valence-corrected chi connectivity index (χ2v) is 7.55. The first kappa shape index (κ1) is 19.8. The Morgan fingerprint density at radius 2 is 1.69 bits per heavy atom. The quantitative estimate of drug-likeness (QED) is 0.739. The molecule has 4 nitrogen and oxygen atoms in total. The molecule has 2 rings (SSSR count). The summed E-state index contributed by atoms with van der Waals surface area (Å²) in [4.78, 5) is 13.8. The van der Waals surface area contributed by atoms with E-state index in [-0.39, 0.29) is 11.4 Å². The highest BCUT2D eigenvalue weighted by Gasteiger charge is 2.13. The first-order chi connectivity index (χ1) is 12.4. The fourth-order valence-corrected chi connectivity index (χ4v) is 2.57. The molecule has 0 fully saturated rings. The van der Waals surface area contributed by atoms with Crippen molar-refractivity contribution < 1.29 is 9.53 Å². The second-order valence-electron chi connectivity index (χ2n) is 7.55. The van der Waals surface area contributed by atoms with Gasteiger partial charge in [-0.25, -0.2) is 4.79 Å². The van der Waals surface area contributed by atoms with Gasteiger partial charge in [-0.2, -0.15) is 0 Å². The summed E-state index contributed by atoms with van der Waals surface area (Å²) in [7, 11) is 1.80. The van der Waals surface area contributed by atoms with Crippen LogP contribution in [-0.2, 0) is 12.0 Å². The van der Waals surface area contributed by atoms with Gasteiger partial charge < -0.3 is 15.0 Å². The molecular weight excluding hydrogens is 324 g/mol. The van der Waals surface area contributed by atoms with Crippen LogP contribution in [-0.4, -0.2) is 31.1 Å². The molecular formula is C22H30N2O2. The van der Waals surface area contributed by atoms with Crippen LogP contribution in [0.5, 0.6) is 5.75 Å². The summed E-state index contributed by atoms with van der Waals surface area (Å²) in [6.45, 7) is 8.36. The molecule has 140 valence electrons. The van der Waals surface area contributed by atoms with Crippen molar-refractivity contribution in [2.24, 2.45) is 0 Å². The second kappa shape index (κ2) is 9.27. The molecule has 0 spiro atoms. The van der Waals surface area contributed by atoms with E-state index >= 15 is 0 Å². The zero-order chi connectivity index (χ0) is 19.0. The number of amides is 2. The molecule has 4 heteroatoms. The Morgan fingerprint density at radius 1 is 1.04 bits per heavy atom. The van der Waals surface area contributed by atoms with Gasteiger partial charge in [-0.05, 0) is 35.1 Å². The van der Waals surface area contributed by atoms with Crippen LogP contribution >= 0.6 is 0 Å². The average molecular weight is 354 g/mol. The molecule has 0 bridgehead atoms. The van der Waals surface area contributed by atoms with E-state index in [1.807, 2.05) is 42.5 Å². The van der Waals surface area contributed by atoms with Crippen molar-refractivity contribution in [3.05, 3.63) is 65.7 Å². The largest absolute Gasteiger partial charge is 0.494 e. The summed E-state index contributed by atoms with van der Waals surface area (Å²) in [6.07, 6.45) is 0.770. The normalized spacial score (nSPS) is 11.1. The maximum atomic E-state index is 12.1. The highest BCUT2D eigenvalue weighted by molar-refractivity contribution is 5.73. The standard InChI is InChI=1S/C22H30N2O2/c1-22(2,3)19-11-13-20(14-12-19)26-16-8-15-23-21(25)24(4)17-18-9-6-5-7-10-18/h5-7,9-14H,8,15-17H2,1-4H3,(H,23,25). The number of ether oxygens (including phenoxy) is 1. The van der Waals surface area contributed by atoms with Crippen molar-refractivity contribution in [2.45, 2.75) is 39.2 Å². The lowest BCUT2D eigenvalue weighted by Crippen LogP contribution is -2.37. The minimum absolute atomic E-state index is 0.0663. The Balaban J connectivity index is 1.64. The van der Waals surface area contributed by atoms with E-state index in [1.54, 1.807) is 11.9 Å². The van der Waals surface area contributed by atoms with Crippen molar-refractivity contribution >= 4 is 6.03 Å². The summed E-state index contributed by atoms with van der Waals surface area (Å²) in [6, 6.07) is 18.1. The molecule has 0 aromatic heterocycles. The summed E-state index contributed by atoms with van der Waals surface area (Å²) in [5, 5.41) is 2.92. The molecule has 0 atom stereocenters. The van der Waals surface area contributed by atoms with Crippen LogP contribution in [0.1, 0.15) is 38.3 Å². The summed E-state index contributed by atoms with van der Waals surface area (Å²) in [5.74, 6) is 0.866. The molecule has 0 aliphatic rings. The van der Waals surface area contributed by atoms with E-state index in [2.05, 4.69) is 38.2 Å². The SMILES string of the molecule is CN(Cc1ccccc1)C(=O)NCCCOc1ccc(C(C)(C)C)cc1. The fraction of sp³-hybridized carbons (Fsp3) is 0.409. The van der Waals surface area contributed by atoms with E-state index in [0.717, 1.165) is 17.7 Å². The first-order valence-corrected chi connectivity index (χ1v) is 9.12. The highest BCUT2D eigenvalue weighted by atomic mass is 16.5. The predicted molar refractivity (Wildman–Crippen MR) is 107 cm³/mol. The van der Waals surface area contributed by atoms with E-state index in [0.29, 0.717) is 19.7 Å². The summed E-state index contributed by atoms with van der Waals surface area (Å²) in [5.41, 5.74) is 2.56. The number of nitrogens with zero attached hydrogens (tertiary/aromatic N) is 1. The minimum atomic E-state index is -0.0663. The van der Waals surface area contributed by atoms with Gasteiger partial charge in [-0.3, -0.25) is 0 Å². The van der Waals surface area contributed by atoms with Crippen molar-refractivity contribution in [1.29, 1.82) is 0 Å². The molecule has 26 heavy (non-hydrogen) atoms. The van der Waals surface area contributed by atoms with Gasteiger partial charge in [0.15, 0.2) is 0 Å². The van der Waals surface area contributed by atoms with Gasteiger partial charge in [-0.1, -0.05) is 63.2 Å². The molecule has 0 unspecified atom stereocenters.